The van der Waals surface area contributed by atoms with Gasteiger partial charge in [0.05, 0.1) is 7.11 Å². The summed E-state index contributed by atoms with van der Waals surface area (Å²) in [7, 11) is 1.75. The number of benzene rings is 1. The standard InChI is InChI=1S/C16H25NO/c1-3-4-5-10-17-11-6-7-14-12-16(18-2)9-8-15(14)13-17/h8-9,12H,3-7,10-11,13H2,1-2H3. The van der Waals surface area contributed by atoms with Crippen molar-refractivity contribution in [1.29, 1.82) is 0 Å². The molecular formula is C16H25NO. The number of nitrogens with zero attached hydrogens (tertiary/aromatic N) is 1. The molecule has 0 fully saturated rings. The van der Waals surface area contributed by atoms with Gasteiger partial charge >= 0.3 is 0 Å². The smallest absolute Gasteiger partial charge is 0.119 e. The number of ether oxygens (including phenoxy) is 1. The van der Waals surface area contributed by atoms with Crippen molar-refractivity contribution in [2.75, 3.05) is 20.2 Å². The first-order valence-electron chi connectivity index (χ1n) is 7.21. The van der Waals surface area contributed by atoms with Crippen LogP contribution in [0.25, 0.3) is 0 Å². The molecule has 2 nitrogen and oxygen atoms in total. The maximum atomic E-state index is 5.31. The van der Waals surface area contributed by atoms with Gasteiger partial charge in [0.15, 0.2) is 0 Å². The molecule has 18 heavy (non-hydrogen) atoms. The molecule has 0 aliphatic carbocycles. The van der Waals surface area contributed by atoms with Gasteiger partial charge in [0, 0.05) is 6.54 Å². The fourth-order valence-electron chi connectivity index (χ4n) is 2.71. The van der Waals surface area contributed by atoms with Gasteiger partial charge in [-0.3, -0.25) is 4.90 Å². The molecule has 0 amide bonds. The van der Waals surface area contributed by atoms with Crippen LogP contribution in [-0.4, -0.2) is 25.1 Å². The Labute approximate surface area is 111 Å². The predicted molar refractivity (Wildman–Crippen MR) is 76.1 cm³/mol. The predicted octanol–water partition coefficient (Wildman–Crippen LogP) is 3.63. The molecule has 0 aromatic heterocycles. The summed E-state index contributed by atoms with van der Waals surface area (Å²) in [6, 6.07) is 6.55. The summed E-state index contributed by atoms with van der Waals surface area (Å²) in [5.41, 5.74) is 2.97. The van der Waals surface area contributed by atoms with Crippen LogP contribution in [0.15, 0.2) is 18.2 Å². The molecule has 0 atom stereocenters. The van der Waals surface area contributed by atoms with Crippen molar-refractivity contribution in [3.05, 3.63) is 29.3 Å². The monoisotopic (exact) mass is 247 g/mol. The third-order valence-electron chi connectivity index (χ3n) is 3.81. The fraction of sp³-hybridized carbons (Fsp3) is 0.625. The second-order valence-corrected chi connectivity index (χ2v) is 5.22. The third kappa shape index (κ3) is 3.49. The van der Waals surface area contributed by atoms with Crippen molar-refractivity contribution in [2.24, 2.45) is 0 Å². The molecule has 0 N–H and O–H groups in total. The van der Waals surface area contributed by atoms with Gasteiger partial charge in [-0.15, -0.1) is 0 Å². The maximum absolute atomic E-state index is 5.31. The van der Waals surface area contributed by atoms with E-state index in [2.05, 4.69) is 30.0 Å². The summed E-state index contributed by atoms with van der Waals surface area (Å²) in [6.45, 7) is 5.87. The van der Waals surface area contributed by atoms with Crippen molar-refractivity contribution >= 4 is 0 Å². The van der Waals surface area contributed by atoms with E-state index in [4.69, 9.17) is 4.74 Å². The zero-order chi connectivity index (χ0) is 12.8. The van der Waals surface area contributed by atoms with Crippen molar-refractivity contribution in [1.82, 2.24) is 4.90 Å². The highest BCUT2D eigenvalue weighted by molar-refractivity contribution is 5.36. The lowest BCUT2D eigenvalue weighted by atomic mass is 10.0. The summed E-state index contributed by atoms with van der Waals surface area (Å²) in [4.78, 5) is 2.61. The molecule has 0 saturated heterocycles. The van der Waals surface area contributed by atoms with Gasteiger partial charge in [-0.25, -0.2) is 0 Å². The molecule has 0 radical (unpaired) electrons. The molecule has 2 rings (SSSR count). The maximum Gasteiger partial charge on any atom is 0.119 e. The minimum Gasteiger partial charge on any atom is -0.497 e. The van der Waals surface area contributed by atoms with Gasteiger partial charge in [-0.2, -0.15) is 0 Å². The van der Waals surface area contributed by atoms with Crippen molar-refractivity contribution < 1.29 is 4.74 Å². The molecule has 1 aromatic rings. The molecule has 0 bridgehead atoms. The molecule has 1 heterocycles. The van der Waals surface area contributed by atoms with E-state index in [1.165, 1.54) is 56.3 Å². The first kappa shape index (κ1) is 13.4. The first-order chi connectivity index (χ1) is 8.83. The summed E-state index contributed by atoms with van der Waals surface area (Å²) in [6.07, 6.45) is 6.46. The van der Waals surface area contributed by atoms with Gasteiger partial charge in [0.1, 0.15) is 5.75 Å². The Morgan fingerprint density at radius 3 is 2.89 bits per heavy atom. The molecule has 2 heteroatoms. The van der Waals surface area contributed by atoms with E-state index in [0.717, 1.165) is 12.3 Å². The zero-order valence-electron chi connectivity index (χ0n) is 11.7. The van der Waals surface area contributed by atoms with E-state index in [9.17, 15) is 0 Å². The Morgan fingerprint density at radius 1 is 1.22 bits per heavy atom. The number of hydrogen-bond donors (Lipinski definition) is 0. The van der Waals surface area contributed by atoms with Crippen LogP contribution >= 0.6 is 0 Å². The number of methoxy groups -OCH3 is 1. The largest absolute Gasteiger partial charge is 0.497 e. The van der Waals surface area contributed by atoms with Crippen LogP contribution in [0.4, 0.5) is 0 Å². The number of unbranched alkanes of at least 4 members (excludes halogenated alkanes) is 2. The highest BCUT2D eigenvalue weighted by Crippen LogP contribution is 2.23. The molecular weight excluding hydrogens is 222 g/mol. The minimum atomic E-state index is 0.994. The molecule has 0 spiro atoms. The highest BCUT2D eigenvalue weighted by Gasteiger charge is 2.14. The zero-order valence-corrected chi connectivity index (χ0v) is 11.7. The summed E-state index contributed by atoms with van der Waals surface area (Å²) >= 11 is 0. The van der Waals surface area contributed by atoms with Crippen LogP contribution < -0.4 is 4.74 Å². The minimum absolute atomic E-state index is 0.994. The Hall–Kier alpha value is -1.02. The third-order valence-corrected chi connectivity index (χ3v) is 3.81. The number of rotatable bonds is 5. The molecule has 0 saturated carbocycles. The Balaban J connectivity index is 2.00. The van der Waals surface area contributed by atoms with E-state index < -0.39 is 0 Å². The number of hydrogen-bond acceptors (Lipinski definition) is 2. The average molecular weight is 247 g/mol. The van der Waals surface area contributed by atoms with Crippen molar-refractivity contribution in [3.63, 3.8) is 0 Å². The molecule has 1 aliphatic heterocycles. The second-order valence-electron chi connectivity index (χ2n) is 5.22. The van der Waals surface area contributed by atoms with Gasteiger partial charge in [-0.05, 0) is 55.6 Å². The molecule has 0 unspecified atom stereocenters. The SMILES string of the molecule is CCCCCN1CCCc2cc(OC)ccc2C1. The first-order valence-corrected chi connectivity index (χ1v) is 7.21. The van der Waals surface area contributed by atoms with Crippen molar-refractivity contribution in [2.45, 2.75) is 45.6 Å². The van der Waals surface area contributed by atoms with Crippen LogP contribution in [0.3, 0.4) is 0 Å². The number of aryl methyl sites for hydroxylation is 1. The Morgan fingerprint density at radius 2 is 2.11 bits per heavy atom. The van der Waals surface area contributed by atoms with Crippen molar-refractivity contribution in [3.8, 4) is 5.75 Å². The van der Waals surface area contributed by atoms with E-state index >= 15 is 0 Å². The fourth-order valence-corrected chi connectivity index (χ4v) is 2.71. The van der Waals surface area contributed by atoms with E-state index in [0.29, 0.717) is 0 Å². The second kappa shape index (κ2) is 6.79. The lowest BCUT2D eigenvalue weighted by Crippen LogP contribution is -2.24. The quantitative estimate of drug-likeness (QED) is 0.737. The van der Waals surface area contributed by atoms with E-state index in [1.54, 1.807) is 7.11 Å². The Kier molecular flexibility index (Phi) is 5.06. The molecule has 1 aromatic carbocycles. The summed E-state index contributed by atoms with van der Waals surface area (Å²) in [5, 5.41) is 0. The van der Waals surface area contributed by atoms with Crippen LogP contribution in [0.2, 0.25) is 0 Å². The van der Waals surface area contributed by atoms with Gasteiger partial charge in [0.25, 0.3) is 0 Å². The lowest BCUT2D eigenvalue weighted by molar-refractivity contribution is 0.263. The van der Waals surface area contributed by atoms with Crippen LogP contribution in [0.5, 0.6) is 5.75 Å². The normalized spacial score (nSPS) is 16.1. The van der Waals surface area contributed by atoms with E-state index in [1.807, 2.05) is 0 Å². The van der Waals surface area contributed by atoms with Gasteiger partial charge < -0.3 is 4.74 Å². The summed E-state index contributed by atoms with van der Waals surface area (Å²) in [5.74, 6) is 0.994. The van der Waals surface area contributed by atoms with Crippen LogP contribution in [-0.2, 0) is 13.0 Å². The van der Waals surface area contributed by atoms with Crippen LogP contribution in [0.1, 0.15) is 43.7 Å². The Bertz CT molecular complexity index is 375. The average Bonchev–Trinajstić information content (AvgIpc) is 2.60. The van der Waals surface area contributed by atoms with Gasteiger partial charge in [-0.1, -0.05) is 25.8 Å². The van der Waals surface area contributed by atoms with Crippen LogP contribution in [0, 0.1) is 0 Å². The van der Waals surface area contributed by atoms with Gasteiger partial charge in [0.2, 0.25) is 0 Å². The molecule has 100 valence electrons. The van der Waals surface area contributed by atoms with E-state index in [-0.39, 0.29) is 0 Å². The summed E-state index contributed by atoms with van der Waals surface area (Å²) < 4.78 is 5.31. The number of fused-ring (bicyclic) bond motifs is 1. The topological polar surface area (TPSA) is 12.5 Å². The highest BCUT2D eigenvalue weighted by atomic mass is 16.5. The lowest BCUT2D eigenvalue weighted by Gasteiger charge is -2.20. The molecule has 1 aliphatic rings.